The third kappa shape index (κ3) is 5.77. The van der Waals surface area contributed by atoms with Crippen LogP contribution in [-0.2, 0) is 17.4 Å². The summed E-state index contributed by atoms with van der Waals surface area (Å²) in [6.45, 7) is 36.1. The van der Waals surface area contributed by atoms with Crippen molar-refractivity contribution in [1.82, 2.24) is 10.1 Å². The van der Waals surface area contributed by atoms with E-state index in [9.17, 15) is 0 Å². The van der Waals surface area contributed by atoms with Gasteiger partial charge in [0.2, 0.25) is 0 Å². The molecule has 0 heterocycles. The molecule has 0 atom stereocenters. The molecule has 0 aromatic rings. The minimum atomic E-state index is -3.14. The molecule has 0 saturated heterocycles. The van der Waals surface area contributed by atoms with Crippen molar-refractivity contribution < 1.29 is 17.4 Å². The molecule has 0 aliphatic heterocycles. The fourth-order valence-corrected chi connectivity index (χ4v) is 13.9. The molecule has 0 unspecified atom stereocenters. The van der Waals surface area contributed by atoms with Crippen molar-refractivity contribution in [3.8, 4) is 0 Å². The van der Waals surface area contributed by atoms with Gasteiger partial charge in [-0.3, -0.25) is 0 Å². The molecule has 146 valence electrons. The van der Waals surface area contributed by atoms with Crippen molar-refractivity contribution >= 4 is 0 Å². The maximum absolute atomic E-state index is 4.02. The molecule has 0 spiro atoms. The second kappa shape index (κ2) is 12.4. The van der Waals surface area contributed by atoms with Gasteiger partial charge in [0.25, 0.3) is 0 Å². The van der Waals surface area contributed by atoms with Gasteiger partial charge in [0, 0.05) is 0 Å². The molecule has 26 heavy (non-hydrogen) atoms. The van der Waals surface area contributed by atoms with Crippen LogP contribution in [0.4, 0.5) is 0 Å². The van der Waals surface area contributed by atoms with Gasteiger partial charge in [-0.05, 0) is 0 Å². The van der Waals surface area contributed by atoms with Gasteiger partial charge in [-0.1, -0.05) is 0 Å². The number of nitrogens with zero attached hydrogens (tertiary/aromatic N) is 3. The summed E-state index contributed by atoms with van der Waals surface area (Å²) in [4.78, 5) is 0. The van der Waals surface area contributed by atoms with E-state index in [1.54, 1.807) is 0 Å². The molecule has 0 radical (unpaired) electrons. The minimum absolute atomic E-state index is 0.0596. The van der Waals surface area contributed by atoms with Gasteiger partial charge < -0.3 is 0 Å². The van der Waals surface area contributed by atoms with E-state index >= 15 is 0 Å². The summed E-state index contributed by atoms with van der Waals surface area (Å²) < 4.78 is 7.85. The van der Waals surface area contributed by atoms with Gasteiger partial charge in [0.05, 0.1) is 0 Å². The van der Waals surface area contributed by atoms with Crippen LogP contribution in [-0.4, -0.2) is 49.4 Å². The quantitative estimate of drug-likeness (QED) is 0.282. The first-order chi connectivity index (χ1) is 12.3. The van der Waals surface area contributed by atoms with E-state index in [0.717, 1.165) is 39.3 Å². The molecule has 0 fully saturated rings. The molecular formula is C22H39N3Ti. The summed E-state index contributed by atoms with van der Waals surface area (Å²) in [5.41, 5.74) is 0. The Kier molecular flexibility index (Phi) is 12.0. The summed E-state index contributed by atoms with van der Waals surface area (Å²) in [5, 5.41) is 0. The van der Waals surface area contributed by atoms with Crippen molar-refractivity contribution in [2.45, 2.75) is 24.5 Å². The molecule has 3 nitrogen and oxygen atoms in total. The van der Waals surface area contributed by atoms with Gasteiger partial charge in [0.15, 0.2) is 0 Å². The Morgan fingerprint density at radius 3 is 0.846 bits per heavy atom. The molecule has 0 rings (SSSR count). The second-order valence-electron chi connectivity index (χ2n) is 7.33. The van der Waals surface area contributed by atoms with Crippen LogP contribution in [0.5, 0.6) is 0 Å². The zero-order valence-corrected chi connectivity index (χ0v) is 18.9. The van der Waals surface area contributed by atoms with Crippen molar-refractivity contribution in [3.63, 3.8) is 0 Å². The third-order valence-electron chi connectivity index (χ3n) is 4.43. The zero-order chi connectivity index (χ0) is 20.2. The van der Waals surface area contributed by atoms with E-state index in [-0.39, 0.29) is 3.72 Å². The number of hydrogen-bond donors (Lipinski definition) is 0. The van der Waals surface area contributed by atoms with Crippen LogP contribution in [0.1, 0.15) is 20.8 Å². The summed E-state index contributed by atoms with van der Waals surface area (Å²) in [7, 11) is 0. The van der Waals surface area contributed by atoms with Crippen LogP contribution in [0.15, 0.2) is 75.9 Å². The molecule has 0 aliphatic rings. The van der Waals surface area contributed by atoms with Gasteiger partial charge in [-0.2, -0.15) is 0 Å². The molecule has 4 heteroatoms. The van der Waals surface area contributed by atoms with Crippen LogP contribution in [0.25, 0.3) is 0 Å². The number of hydrogen-bond acceptors (Lipinski definition) is 3. The van der Waals surface area contributed by atoms with Crippen molar-refractivity contribution in [1.29, 1.82) is 0 Å². The monoisotopic (exact) mass is 393 g/mol. The molecule has 0 aromatic carbocycles. The molecule has 0 saturated carbocycles. The Morgan fingerprint density at radius 1 is 0.538 bits per heavy atom. The second-order valence-corrected chi connectivity index (χ2v) is 14.6. The van der Waals surface area contributed by atoms with Crippen LogP contribution in [0, 0.1) is 0 Å². The average Bonchev–Trinajstić information content (AvgIpc) is 2.55. The Balaban J connectivity index is 6.83. The molecule has 0 N–H and O–H groups in total. The summed E-state index contributed by atoms with van der Waals surface area (Å²) in [6.07, 6.45) is 12.0. The first-order valence-electron chi connectivity index (χ1n) is 9.22. The summed E-state index contributed by atoms with van der Waals surface area (Å²) in [6, 6.07) is 0. The van der Waals surface area contributed by atoms with E-state index in [1.165, 1.54) is 0 Å². The van der Waals surface area contributed by atoms with E-state index in [0.29, 0.717) is 0 Å². The van der Waals surface area contributed by atoms with Crippen LogP contribution in [0.3, 0.4) is 0 Å². The molecule has 0 amide bonds. The van der Waals surface area contributed by atoms with E-state index < -0.39 is 17.4 Å². The SMILES string of the molecule is C=CC[N](CC=C)[Ti]([N](CC=C)CC=C)([N](CC=C)CC=C)[C](C)(C)C. The van der Waals surface area contributed by atoms with Crippen molar-refractivity contribution in [3.05, 3.63) is 75.9 Å². The third-order valence-corrected chi connectivity index (χ3v) is 13.4. The Hall–Kier alpha value is -0.966. The summed E-state index contributed by atoms with van der Waals surface area (Å²) >= 11 is -3.14. The van der Waals surface area contributed by atoms with E-state index in [1.807, 2.05) is 36.5 Å². The Labute approximate surface area is 167 Å². The van der Waals surface area contributed by atoms with Gasteiger partial charge >= 0.3 is 167 Å². The standard InChI is InChI=1S/3C6H10N.C4H9.Ti/c3*1-3-5-7-6-4-2;1-4(2)3;/h3*3-4H,1-2,5-6H2;1-3H3;/q3*-1;;+3. The predicted molar refractivity (Wildman–Crippen MR) is 116 cm³/mol. The molecule has 0 aliphatic carbocycles. The van der Waals surface area contributed by atoms with Crippen molar-refractivity contribution in [2.75, 3.05) is 39.3 Å². The number of rotatable bonds is 15. The van der Waals surface area contributed by atoms with E-state index in [2.05, 4.69) is 70.4 Å². The fraction of sp³-hybridized carbons (Fsp3) is 0.455. The van der Waals surface area contributed by atoms with Gasteiger partial charge in [0.1, 0.15) is 0 Å². The average molecular weight is 393 g/mol. The first kappa shape index (κ1) is 25.0. The Morgan fingerprint density at radius 2 is 0.731 bits per heavy atom. The predicted octanol–water partition coefficient (Wildman–Crippen LogP) is 5.13. The topological polar surface area (TPSA) is 9.72 Å². The molecule has 0 aromatic heterocycles. The van der Waals surface area contributed by atoms with Gasteiger partial charge in [-0.15, -0.1) is 0 Å². The summed E-state index contributed by atoms with van der Waals surface area (Å²) in [5.74, 6) is 0. The van der Waals surface area contributed by atoms with E-state index in [4.69, 9.17) is 0 Å². The van der Waals surface area contributed by atoms with Crippen LogP contribution in [0.2, 0.25) is 3.72 Å². The fourth-order valence-electron chi connectivity index (χ4n) is 3.95. The maximum atomic E-state index is 4.02. The van der Waals surface area contributed by atoms with Gasteiger partial charge in [-0.25, -0.2) is 0 Å². The van der Waals surface area contributed by atoms with Crippen LogP contribution < -0.4 is 0 Å². The molecule has 0 bridgehead atoms. The van der Waals surface area contributed by atoms with Crippen molar-refractivity contribution in [2.24, 2.45) is 0 Å². The zero-order valence-electron chi connectivity index (χ0n) is 17.3. The molecular weight excluding hydrogens is 354 g/mol. The van der Waals surface area contributed by atoms with Crippen LogP contribution >= 0.6 is 0 Å². The first-order valence-corrected chi connectivity index (χ1v) is 12.1. The normalized spacial score (nSPS) is 12.2. The Bertz CT molecular complexity index is 400.